The average Bonchev–Trinajstić information content (AvgIpc) is 2.70. The second-order valence-corrected chi connectivity index (χ2v) is 8.97. The first-order valence-electron chi connectivity index (χ1n) is 10.7. The molecule has 2 aliphatic heterocycles. The molecule has 0 radical (unpaired) electrons. The van der Waals surface area contributed by atoms with E-state index in [1.807, 2.05) is 64.1 Å². The Kier molecular flexibility index (Phi) is 5.79. The number of nitrogens with zero attached hydrogens (tertiary/aromatic N) is 6. The van der Waals surface area contributed by atoms with E-state index < -0.39 is 11.3 Å². The summed E-state index contributed by atoms with van der Waals surface area (Å²) in [5, 5.41) is 5.00. The minimum atomic E-state index is -0.815. The lowest BCUT2D eigenvalue weighted by Crippen LogP contribution is -2.53. The van der Waals surface area contributed by atoms with E-state index in [9.17, 15) is 0 Å². The number of aliphatic imine (C=N–C) groups is 4. The quantitative estimate of drug-likeness (QED) is 0.488. The molecule has 2 aliphatic rings. The van der Waals surface area contributed by atoms with Crippen molar-refractivity contribution in [1.82, 2.24) is 10.1 Å². The van der Waals surface area contributed by atoms with Crippen LogP contribution in [0.25, 0.3) is 10.8 Å². The molecule has 8 N–H and O–H groups in total. The molecule has 0 aromatic heterocycles. The van der Waals surface area contributed by atoms with E-state index in [1.54, 1.807) is 0 Å². The molecule has 0 spiro atoms. The molecular weight excluding hydrogens is 436 g/mol. The van der Waals surface area contributed by atoms with Crippen molar-refractivity contribution in [2.45, 2.75) is 52.2 Å². The van der Waals surface area contributed by atoms with Crippen LogP contribution in [0.1, 0.15) is 38.8 Å². The molecule has 0 saturated heterocycles. The van der Waals surface area contributed by atoms with Gasteiger partial charge in [0.05, 0.1) is 0 Å². The number of benzene rings is 2. The number of fused-ring (bicyclic) bond motifs is 1. The van der Waals surface area contributed by atoms with E-state index >= 15 is 0 Å². The van der Waals surface area contributed by atoms with E-state index in [0.717, 1.165) is 21.9 Å². The Morgan fingerprint density at radius 3 is 1.44 bits per heavy atom. The molecule has 180 valence electrons. The molecule has 12 nitrogen and oxygen atoms in total. The van der Waals surface area contributed by atoms with Crippen LogP contribution in [-0.4, -0.2) is 45.3 Å². The molecule has 0 atom stereocenters. The predicted octanol–water partition coefficient (Wildman–Crippen LogP) is 1.07. The Hall–Kier alpha value is -3.90. The predicted molar refractivity (Wildman–Crippen MR) is 132 cm³/mol. The topological polar surface area (TPSA) is 178 Å². The SMILES string of the molecule is CC1(C)N=C(N)N=C(N)N1OCc1cc2ccccc2cc1CON1C(N)=NC(N)=NC1(C)C. The summed E-state index contributed by atoms with van der Waals surface area (Å²) >= 11 is 0. The summed E-state index contributed by atoms with van der Waals surface area (Å²) in [6, 6.07) is 12.1. The average molecular weight is 467 g/mol. The van der Waals surface area contributed by atoms with Crippen LogP contribution in [0.5, 0.6) is 0 Å². The molecule has 4 rings (SSSR count). The zero-order valence-corrected chi connectivity index (χ0v) is 19.7. The van der Waals surface area contributed by atoms with Gasteiger partial charge in [0.1, 0.15) is 13.2 Å². The molecule has 0 bridgehead atoms. The van der Waals surface area contributed by atoms with Crippen LogP contribution >= 0.6 is 0 Å². The van der Waals surface area contributed by atoms with Gasteiger partial charge in [-0.2, -0.15) is 20.1 Å². The lowest BCUT2D eigenvalue weighted by molar-refractivity contribution is -0.172. The highest BCUT2D eigenvalue weighted by Gasteiger charge is 2.34. The molecule has 0 amide bonds. The molecule has 2 aromatic rings. The first-order chi connectivity index (χ1) is 16.0. The smallest absolute Gasteiger partial charge is 0.226 e. The van der Waals surface area contributed by atoms with Crippen LogP contribution in [0.2, 0.25) is 0 Å². The van der Waals surface area contributed by atoms with E-state index in [2.05, 4.69) is 20.0 Å². The van der Waals surface area contributed by atoms with Crippen LogP contribution in [0.4, 0.5) is 0 Å². The van der Waals surface area contributed by atoms with Crippen LogP contribution in [-0.2, 0) is 22.9 Å². The maximum absolute atomic E-state index is 6.06. The van der Waals surface area contributed by atoms with Crippen LogP contribution in [0.3, 0.4) is 0 Å². The molecule has 0 saturated carbocycles. The van der Waals surface area contributed by atoms with Gasteiger partial charge in [-0.15, -0.1) is 0 Å². The first-order valence-corrected chi connectivity index (χ1v) is 10.7. The Morgan fingerprint density at radius 1 is 0.706 bits per heavy atom. The maximum Gasteiger partial charge on any atom is 0.226 e. The largest absolute Gasteiger partial charge is 0.368 e. The molecule has 34 heavy (non-hydrogen) atoms. The van der Waals surface area contributed by atoms with Crippen molar-refractivity contribution in [3.8, 4) is 0 Å². The van der Waals surface area contributed by atoms with E-state index in [-0.39, 0.29) is 37.1 Å². The highest BCUT2D eigenvalue weighted by molar-refractivity contribution is 5.95. The number of hydrogen-bond acceptors (Lipinski definition) is 12. The Labute approximate surface area is 197 Å². The van der Waals surface area contributed by atoms with Gasteiger partial charge in [0, 0.05) is 0 Å². The summed E-state index contributed by atoms with van der Waals surface area (Å²) in [6.07, 6.45) is 0. The molecular formula is C22H30N10O2. The van der Waals surface area contributed by atoms with Gasteiger partial charge in [-0.1, -0.05) is 24.3 Å². The number of hydroxylamine groups is 4. The van der Waals surface area contributed by atoms with Crippen molar-refractivity contribution in [2.24, 2.45) is 42.9 Å². The van der Waals surface area contributed by atoms with Gasteiger partial charge in [-0.25, -0.2) is 9.98 Å². The monoisotopic (exact) mass is 466 g/mol. The van der Waals surface area contributed by atoms with Gasteiger partial charge in [0.15, 0.2) is 11.3 Å². The zero-order valence-electron chi connectivity index (χ0n) is 19.7. The molecule has 2 heterocycles. The van der Waals surface area contributed by atoms with Crippen molar-refractivity contribution in [2.75, 3.05) is 0 Å². The van der Waals surface area contributed by atoms with Crippen molar-refractivity contribution in [3.05, 3.63) is 47.5 Å². The summed E-state index contributed by atoms with van der Waals surface area (Å²) in [5.74, 6) is 0.471. The highest BCUT2D eigenvalue weighted by Crippen LogP contribution is 2.27. The van der Waals surface area contributed by atoms with Crippen molar-refractivity contribution < 1.29 is 9.68 Å². The van der Waals surface area contributed by atoms with Gasteiger partial charge in [0.2, 0.25) is 23.8 Å². The minimum Gasteiger partial charge on any atom is -0.368 e. The summed E-state index contributed by atoms with van der Waals surface area (Å²) in [5.41, 5.74) is 23.8. The van der Waals surface area contributed by atoms with Gasteiger partial charge >= 0.3 is 0 Å². The van der Waals surface area contributed by atoms with Gasteiger partial charge < -0.3 is 22.9 Å². The normalized spacial score (nSPS) is 19.4. The molecule has 0 fully saturated rings. The third-order valence-electron chi connectivity index (χ3n) is 5.41. The van der Waals surface area contributed by atoms with Crippen molar-refractivity contribution >= 4 is 34.6 Å². The van der Waals surface area contributed by atoms with E-state index in [1.165, 1.54) is 10.1 Å². The van der Waals surface area contributed by atoms with Crippen LogP contribution < -0.4 is 22.9 Å². The lowest BCUT2D eigenvalue weighted by atomic mass is 10.0. The van der Waals surface area contributed by atoms with Gasteiger partial charge in [-0.3, -0.25) is 9.68 Å². The number of hydrogen-bond donors (Lipinski definition) is 4. The highest BCUT2D eigenvalue weighted by atomic mass is 16.7. The Bertz CT molecular complexity index is 1140. The Morgan fingerprint density at radius 2 is 1.09 bits per heavy atom. The summed E-state index contributed by atoms with van der Waals surface area (Å²) in [4.78, 5) is 28.8. The fourth-order valence-electron chi connectivity index (χ4n) is 3.91. The first kappa shape index (κ1) is 23.3. The fraction of sp³-hybridized carbons (Fsp3) is 0.364. The van der Waals surface area contributed by atoms with Crippen LogP contribution in [0.15, 0.2) is 56.4 Å². The van der Waals surface area contributed by atoms with Gasteiger partial charge in [-0.05, 0) is 61.7 Å². The second kappa shape index (κ2) is 8.47. The molecule has 0 aliphatic carbocycles. The standard InChI is InChI=1S/C22H30N10O2/c1-21(2)29-17(23)27-19(25)31(21)33-11-15-9-13-7-5-6-8-14(13)10-16(15)12-34-32-20(26)28-18(24)30-22(32,3)4/h5-10H,11-12H2,1-4H3,(H4,23,25,27,29)(H4,24,26,28,30). The summed E-state index contributed by atoms with van der Waals surface area (Å²) in [6.45, 7) is 7.71. The molecule has 2 aromatic carbocycles. The molecule has 12 heteroatoms. The summed E-state index contributed by atoms with van der Waals surface area (Å²) in [7, 11) is 0. The van der Waals surface area contributed by atoms with E-state index in [0.29, 0.717) is 0 Å². The summed E-state index contributed by atoms with van der Waals surface area (Å²) < 4.78 is 0. The zero-order chi connectivity index (χ0) is 24.7. The second-order valence-electron chi connectivity index (χ2n) is 8.97. The number of rotatable bonds is 6. The van der Waals surface area contributed by atoms with E-state index in [4.69, 9.17) is 32.6 Å². The van der Waals surface area contributed by atoms with Crippen molar-refractivity contribution in [3.63, 3.8) is 0 Å². The minimum absolute atomic E-state index is 0.105. The Balaban J connectivity index is 1.60. The third-order valence-corrected chi connectivity index (χ3v) is 5.41. The van der Waals surface area contributed by atoms with Gasteiger partial charge in [0.25, 0.3) is 0 Å². The van der Waals surface area contributed by atoms with Crippen LogP contribution in [0, 0.1) is 0 Å². The number of nitrogens with two attached hydrogens (primary N) is 4. The maximum atomic E-state index is 6.06. The molecule has 0 unspecified atom stereocenters. The lowest BCUT2D eigenvalue weighted by Gasteiger charge is -2.37. The number of guanidine groups is 4. The third kappa shape index (κ3) is 4.58. The van der Waals surface area contributed by atoms with Crippen molar-refractivity contribution in [1.29, 1.82) is 0 Å². The fourth-order valence-corrected chi connectivity index (χ4v) is 3.91.